The van der Waals surface area contributed by atoms with Crippen LogP contribution in [-0.4, -0.2) is 40.3 Å². The van der Waals surface area contributed by atoms with Gasteiger partial charge in [0.1, 0.15) is 11.5 Å². The Kier molecular flexibility index (Phi) is 7.26. The fourth-order valence-corrected chi connectivity index (χ4v) is 3.98. The monoisotopic (exact) mass is 569 g/mol. The van der Waals surface area contributed by atoms with E-state index in [1.165, 1.54) is 30.3 Å². The van der Waals surface area contributed by atoms with Crippen LogP contribution in [-0.2, 0) is 10.9 Å². The van der Waals surface area contributed by atoms with Gasteiger partial charge in [0.25, 0.3) is 0 Å². The Morgan fingerprint density at radius 2 is 1.73 bits per heavy atom. The predicted molar refractivity (Wildman–Crippen MR) is 141 cm³/mol. The number of carbonyl (C=O) groups is 2. The number of aromatic nitrogens is 2. The van der Waals surface area contributed by atoms with E-state index >= 15 is 0 Å². The van der Waals surface area contributed by atoms with Crippen LogP contribution in [0.3, 0.4) is 0 Å². The van der Waals surface area contributed by atoms with Gasteiger partial charge >= 0.3 is 18.3 Å². The van der Waals surface area contributed by atoms with Crippen LogP contribution in [0.2, 0.25) is 0 Å². The van der Waals surface area contributed by atoms with Crippen molar-refractivity contribution in [3.8, 4) is 17.2 Å². The summed E-state index contributed by atoms with van der Waals surface area (Å²) in [4.78, 5) is 28.0. The average molecular weight is 570 g/mol. The Morgan fingerprint density at radius 1 is 1.00 bits per heavy atom. The number of nitrogens with zero attached hydrogens (tertiary/aromatic N) is 3. The topological polar surface area (TPSA) is 142 Å². The molecule has 3 amide bonds. The van der Waals surface area contributed by atoms with Crippen molar-refractivity contribution in [1.29, 1.82) is 0 Å². The molecule has 2 heterocycles. The maximum Gasteiger partial charge on any atom is 0.416 e. The van der Waals surface area contributed by atoms with E-state index in [-0.39, 0.29) is 5.69 Å². The van der Waals surface area contributed by atoms with Crippen molar-refractivity contribution < 1.29 is 37.4 Å². The molecule has 15 heteroatoms. The lowest BCUT2D eigenvalue weighted by molar-refractivity contribution is -0.137. The SMILES string of the molecule is COC(=O)NC1Nc2cc(Oc3ccc(NC(=O)Nc4cc(C(F)(F)F)ccc4-n4ccnc4)cc3)ccc2N1O. The second kappa shape index (κ2) is 11.0. The Balaban J connectivity index is 1.24. The number of hydrogen-bond acceptors (Lipinski definition) is 8. The quantitative estimate of drug-likeness (QED) is 0.202. The fourth-order valence-electron chi connectivity index (χ4n) is 3.98. The molecular formula is C26H22F3N7O5. The number of alkyl carbamates (subject to hydrolysis) is 1. The molecule has 4 aromatic rings. The van der Waals surface area contributed by atoms with Gasteiger partial charge in [-0.25, -0.2) is 19.6 Å². The van der Waals surface area contributed by atoms with Gasteiger partial charge in [0.15, 0.2) is 0 Å². The summed E-state index contributed by atoms with van der Waals surface area (Å²) in [6.07, 6.45) is -1.86. The molecule has 1 aromatic heterocycles. The number of amides is 3. The Morgan fingerprint density at radius 3 is 2.41 bits per heavy atom. The molecule has 0 radical (unpaired) electrons. The first-order valence-corrected chi connectivity index (χ1v) is 11.9. The number of hydrogen-bond donors (Lipinski definition) is 5. The first-order chi connectivity index (χ1) is 19.6. The van der Waals surface area contributed by atoms with Crippen LogP contribution in [0.15, 0.2) is 79.4 Å². The summed E-state index contributed by atoms with van der Waals surface area (Å²) in [7, 11) is 1.20. The molecule has 1 atom stereocenters. The second-order valence-electron chi connectivity index (χ2n) is 8.61. The van der Waals surface area contributed by atoms with E-state index in [4.69, 9.17) is 4.74 Å². The summed E-state index contributed by atoms with van der Waals surface area (Å²) in [5.74, 6) is 0.831. The van der Waals surface area contributed by atoms with Gasteiger partial charge in [-0.1, -0.05) is 0 Å². The van der Waals surface area contributed by atoms with Crippen LogP contribution in [0.4, 0.5) is 45.5 Å². The molecule has 0 saturated carbocycles. The number of carbonyl (C=O) groups excluding carboxylic acids is 2. The number of nitrogens with one attached hydrogen (secondary N) is 4. The number of anilines is 4. The maximum absolute atomic E-state index is 13.3. The van der Waals surface area contributed by atoms with Crippen molar-refractivity contribution in [3.05, 3.63) is 84.9 Å². The number of rotatable bonds is 6. The zero-order valence-electron chi connectivity index (χ0n) is 21.1. The minimum Gasteiger partial charge on any atom is -0.457 e. The van der Waals surface area contributed by atoms with Crippen LogP contribution in [0, 0.1) is 0 Å². The molecule has 1 aliphatic heterocycles. The second-order valence-corrected chi connectivity index (χ2v) is 8.61. The third kappa shape index (κ3) is 6.09. The average Bonchev–Trinajstić information content (AvgIpc) is 3.57. The van der Waals surface area contributed by atoms with Crippen molar-refractivity contribution in [2.45, 2.75) is 12.5 Å². The summed E-state index contributed by atoms with van der Waals surface area (Å²) in [5, 5.41) is 21.4. The third-order valence-corrected chi connectivity index (χ3v) is 5.89. The third-order valence-electron chi connectivity index (χ3n) is 5.89. The lowest BCUT2D eigenvalue weighted by Gasteiger charge is -2.19. The summed E-state index contributed by atoms with van der Waals surface area (Å²) in [6.45, 7) is 0. The number of fused-ring (bicyclic) bond motifs is 1. The molecule has 3 aromatic carbocycles. The van der Waals surface area contributed by atoms with Crippen LogP contribution in [0.5, 0.6) is 11.5 Å². The van der Waals surface area contributed by atoms with Crippen molar-refractivity contribution in [2.24, 2.45) is 0 Å². The largest absolute Gasteiger partial charge is 0.457 e. The highest BCUT2D eigenvalue weighted by molar-refractivity contribution is 6.01. The Hall–Kier alpha value is -5.44. The molecule has 0 spiro atoms. The van der Waals surface area contributed by atoms with Crippen LogP contribution in [0.25, 0.3) is 5.69 Å². The number of halogens is 3. The smallest absolute Gasteiger partial charge is 0.416 e. The van der Waals surface area contributed by atoms with E-state index < -0.39 is 30.2 Å². The highest BCUT2D eigenvalue weighted by Gasteiger charge is 2.32. The molecule has 12 nitrogen and oxygen atoms in total. The first-order valence-electron chi connectivity index (χ1n) is 11.9. The number of methoxy groups -OCH3 is 1. The molecule has 1 aliphatic rings. The summed E-state index contributed by atoms with van der Waals surface area (Å²) >= 11 is 0. The molecule has 41 heavy (non-hydrogen) atoms. The number of benzene rings is 3. The van der Waals surface area contributed by atoms with Crippen LogP contribution >= 0.6 is 0 Å². The molecule has 0 aliphatic carbocycles. The first kappa shape index (κ1) is 27.1. The van der Waals surface area contributed by atoms with Gasteiger partial charge in [-0.15, -0.1) is 0 Å². The lowest BCUT2D eigenvalue weighted by Crippen LogP contribution is -2.48. The minimum absolute atomic E-state index is 0.0639. The van der Waals surface area contributed by atoms with Crippen LogP contribution < -0.4 is 31.1 Å². The summed E-state index contributed by atoms with van der Waals surface area (Å²) in [5.41, 5.74) is 0.573. The number of hydroxylamine groups is 1. The van der Waals surface area contributed by atoms with E-state index in [0.29, 0.717) is 34.2 Å². The van der Waals surface area contributed by atoms with Gasteiger partial charge < -0.3 is 30.0 Å². The van der Waals surface area contributed by atoms with E-state index in [9.17, 15) is 28.0 Å². The minimum atomic E-state index is -4.59. The zero-order valence-corrected chi connectivity index (χ0v) is 21.1. The zero-order chi connectivity index (χ0) is 29.1. The molecular weight excluding hydrogens is 547 g/mol. The molecule has 5 rings (SSSR count). The van der Waals surface area contributed by atoms with E-state index in [1.807, 2.05) is 0 Å². The fraction of sp³-hybridized carbons (Fsp3) is 0.115. The van der Waals surface area contributed by atoms with Gasteiger partial charge in [0, 0.05) is 24.1 Å². The molecule has 0 bridgehead atoms. The molecule has 1 unspecified atom stereocenters. The standard InChI is InChI=1S/C26H22F3N7O5/c1-40-25(38)34-23-32-20-13-18(7-9-22(20)36(23)39)41-17-5-3-16(4-6-17)31-24(37)33-19-12-15(26(27,28)29)2-8-21(19)35-11-10-30-14-35/h2-14,23,32,39H,1H3,(H,34,38)(H2,31,33,37). The number of alkyl halides is 3. The van der Waals surface area contributed by atoms with Crippen molar-refractivity contribution >= 4 is 34.9 Å². The van der Waals surface area contributed by atoms with Crippen molar-refractivity contribution in [2.75, 3.05) is 28.1 Å². The molecule has 5 N–H and O–H groups in total. The molecule has 0 saturated heterocycles. The van der Waals surface area contributed by atoms with Gasteiger partial charge in [-0.2, -0.15) is 13.2 Å². The highest BCUT2D eigenvalue weighted by atomic mass is 19.4. The lowest BCUT2D eigenvalue weighted by atomic mass is 10.1. The predicted octanol–water partition coefficient (Wildman–Crippen LogP) is 5.59. The number of imidazole rings is 1. The Bertz CT molecular complexity index is 1560. The number of ether oxygens (including phenoxy) is 2. The van der Waals surface area contributed by atoms with Gasteiger partial charge in [-0.05, 0) is 54.6 Å². The van der Waals surface area contributed by atoms with Gasteiger partial charge in [0.2, 0.25) is 6.29 Å². The summed E-state index contributed by atoms with van der Waals surface area (Å²) in [6, 6.07) is 13.3. The molecule has 0 fully saturated rings. The summed E-state index contributed by atoms with van der Waals surface area (Å²) < 4.78 is 51.7. The van der Waals surface area contributed by atoms with Crippen molar-refractivity contribution in [3.63, 3.8) is 0 Å². The Labute approximate surface area is 230 Å². The van der Waals surface area contributed by atoms with E-state index in [0.717, 1.165) is 17.2 Å². The van der Waals surface area contributed by atoms with Crippen molar-refractivity contribution in [1.82, 2.24) is 14.9 Å². The van der Waals surface area contributed by atoms with Gasteiger partial charge in [-0.3, -0.25) is 10.5 Å². The van der Waals surface area contributed by atoms with Gasteiger partial charge in [0.05, 0.1) is 41.8 Å². The van der Waals surface area contributed by atoms with Crippen LogP contribution in [0.1, 0.15) is 5.56 Å². The molecule has 212 valence electrons. The van der Waals surface area contributed by atoms with E-state index in [1.54, 1.807) is 48.7 Å². The number of urea groups is 1. The highest BCUT2D eigenvalue weighted by Crippen LogP contribution is 2.37. The van der Waals surface area contributed by atoms with E-state index in [2.05, 4.69) is 31.0 Å². The normalized spacial score (nSPS) is 14.1. The maximum atomic E-state index is 13.3.